The first-order valence-corrected chi connectivity index (χ1v) is 3.81. The molecule has 0 radical (unpaired) electrons. The number of hydrogen-bond donors (Lipinski definition) is 2. The number of carbonyl (C=O) groups is 1. The quantitative estimate of drug-likeness (QED) is 0.539. The molecule has 2 unspecified atom stereocenters. The summed E-state index contributed by atoms with van der Waals surface area (Å²) in [5.41, 5.74) is 5.65. The Labute approximate surface area is 66.0 Å². The summed E-state index contributed by atoms with van der Waals surface area (Å²) in [6.07, 6.45) is 1.82. The first-order chi connectivity index (χ1) is 5.13. The van der Waals surface area contributed by atoms with Crippen molar-refractivity contribution in [2.24, 2.45) is 5.73 Å². The third-order valence-corrected chi connectivity index (χ3v) is 2.18. The Balaban J connectivity index is 2.62. The molecular weight excluding hydrogens is 144 g/mol. The zero-order chi connectivity index (χ0) is 8.43. The van der Waals surface area contributed by atoms with E-state index in [9.17, 15) is 4.79 Å². The summed E-state index contributed by atoms with van der Waals surface area (Å²) in [5.74, 6) is -0.806. The fraction of sp³-hybridized carbons (Fsp3) is 0.857. The molecule has 0 saturated carbocycles. The summed E-state index contributed by atoms with van der Waals surface area (Å²) < 4.78 is 0. The molecular formula is C7H14N2O2. The maximum atomic E-state index is 10.7. The number of likely N-dealkylation sites (N-methyl/N-ethyl adjacent to an activating group) is 1. The van der Waals surface area contributed by atoms with Gasteiger partial charge in [-0.15, -0.1) is 0 Å². The first kappa shape index (κ1) is 8.49. The van der Waals surface area contributed by atoms with E-state index in [1.807, 2.05) is 0 Å². The van der Waals surface area contributed by atoms with Crippen molar-refractivity contribution in [1.82, 2.24) is 4.90 Å². The fourth-order valence-corrected chi connectivity index (χ4v) is 1.57. The van der Waals surface area contributed by atoms with Gasteiger partial charge in [0.25, 0.3) is 0 Å². The van der Waals surface area contributed by atoms with Crippen molar-refractivity contribution >= 4 is 5.97 Å². The van der Waals surface area contributed by atoms with E-state index in [4.69, 9.17) is 10.8 Å². The summed E-state index contributed by atoms with van der Waals surface area (Å²) in [6, 6.07) is -0.685. The normalized spacial score (nSPS) is 33.6. The highest BCUT2D eigenvalue weighted by Crippen LogP contribution is 2.13. The zero-order valence-corrected chi connectivity index (χ0v) is 6.66. The SMILES string of the molecule is CN1CCCC(N)C1C(=O)O. The Morgan fingerprint density at radius 1 is 1.73 bits per heavy atom. The summed E-state index contributed by atoms with van der Waals surface area (Å²) >= 11 is 0. The zero-order valence-electron chi connectivity index (χ0n) is 6.66. The average molecular weight is 158 g/mol. The molecule has 1 aliphatic rings. The molecule has 1 fully saturated rings. The number of likely N-dealkylation sites (tertiary alicyclic amines) is 1. The van der Waals surface area contributed by atoms with Crippen LogP contribution in [0.25, 0.3) is 0 Å². The largest absolute Gasteiger partial charge is 0.480 e. The van der Waals surface area contributed by atoms with E-state index in [1.54, 1.807) is 11.9 Å². The highest BCUT2D eigenvalue weighted by molar-refractivity contribution is 5.74. The highest BCUT2D eigenvalue weighted by Gasteiger charge is 2.31. The molecule has 64 valence electrons. The van der Waals surface area contributed by atoms with Gasteiger partial charge in [-0.1, -0.05) is 0 Å². The van der Waals surface area contributed by atoms with Crippen LogP contribution in [0.4, 0.5) is 0 Å². The van der Waals surface area contributed by atoms with Crippen LogP contribution in [-0.2, 0) is 4.79 Å². The topological polar surface area (TPSA) is 66.6 Å². The van der Waals surface area contributed by atoms with Crippen LogP contribution in [0.3, 0.4) is 0 Å². The van der Waals surface area contributed by atoms with Crippen LogP contribution in [0.15, 0.2) is 0 Å². The fourth-order valence-electron chi connectivity index (χ4n) is 1.57. The van der Waals surface area contributed by atoms with E-state index in [0.29, 0.717) is 0 Å². The second-order valence-corrected chi connectivity index (χ2v) is 3.07. The van der Waals surface area contributed by atoms with Gasteiger partial charge in [-0.05, 0) is 26.4 Å². The van der Waals surface area contributed by atoms with E-state index >= 15 is 0 Å². The number of rotatable bonds is 1. The van der Waals surface area contributed by atoms with Crippen molar-refractivity contribution in [3.8, 4) is 0 Å². The van der Waals surface area contributed by atoms with E-state index in [-0.39, 0.29) is 6.04 Å². The van der Waals surface area contributed by atoms with Gasteiger partial charge in [-0.3, -0.25) is 9.69 Å². The van der Waals surface area contributed by atoms with Crippen LogP contribution in [0.1, 0.15) is 12.8 Å². The van der Waals surface area contributed by atoms with Gasteiger partial charge in [0.1, 0.15) is 6.04 Å². The lowest BCUT2D eigenvalue weighted by molar-refractivity contribution is -0.144. The maximum absolute atomic E-state index is 10.7. The Morgan fingerprint density at radius 3 is 2.73 bits per heavy atom. The first-order valence-electron chi connectivity index (χ1n) is 3.81. The molecule has 4 nitrogen and oxygen atoms in total. The Hall–Kier alpha value is -0.610. The molecule has 1 aliphatic heterocycles. The molecule has 0 amide bonds. The lowest BCUT2D eigenvalue weighted by Gasteiger charge is -2.33. The molecule has 4 heteroatoms. The third-order valence-electron chi connectivity index (χ3n) is 2.18. The van der Waals surface area contributed by atoms with Gasteiger partial charge in [0.05, 0.1) is 0 Å². The number of hydrogen-bond acceptors (Lipinski definition) is 3. The van der Waals surface area contributed by atoms with Crippen LogP contribution in [0.5, 0.6) is 0 Å². The van der Waals surface area contributed by atoms with Gasteiger partial charge >= 0.3 is 5.97 Å². The number of piperidine rings is 1. The van der Waals surface area contributed by atoms with Gasteiger partial charge in [0.15, 0.2) is 0 Å². The molecule has 2 atom stereocenters. The predicted molar refractivity (Wildman–Crippen MR) is 41.3 cm³/mol. The van der Waals surface area contributed by atoms with Crippen LogP contribution >= 0.6 is 0 Å². The number of aliphatic carboxylic acids is 1. The highest BCUT2D eigenvalue weighted by atomic mass is 16.4. The van der Waals surface area contributed by atoms with Crippen LogP contribution in [0.2, 0.25) is 0 Å². The molecule has 11 heavy (non-hydrogen) atoms. The lowest BCUT2D eigenvalue weighted by Crippen LogP contribution is -2.54. The number of carboxylic acids is 1. The number of nitrogens with zero attached hydrogens (tertiary/aromatic N) is 1. The van der Waals surface area contributed by atoms with Gasteiger partial charge < -0.3 is 10.8 Å². The molecule has 1 heterocycles. The summed E-state index contributed by atoms with van der Waals surface area (Å²) in [7, 11) is 1.80. The van der Waals surface area contributed by atoms with Crippen LogP contribution < -0.4 is 5.73 Å². The lowest BCUT2D eigenvalue weighted by atomic mass is 9.98. The molecule has 0 aromatic carbocycles. The maximum Gasteiger partial charge on any atom is 0.322 e. The van der Waals surface area contributed by atoms with Crippen molar-refractivity contribution in [1.29, 1.82) is 0 Å². The summed E-state index contributed by atoms with van der Waals surface area (Å²) in [4.78, 5) is 12.5. The minimum atomic E-state index is -0.806. The number of carboxylic acid groups (broad SMARTS) is 1. The Morgan fingerprint density at radius 2 is 2.36 bits per heavy atom. The van der Waals surface area contributed by atoms with E-state index < -0.39 is 12.0 Å². The monoisotopic (exact) mass is 158 g/mol. The van der Waals surface area contributed by atoms with E-state index in [2.05, 4.69) is 0 Å². The van der Waals surface area contributed by atoms with Crippen LogP contribution in [-0.4, -0.2) is 41.7 Å². The van der Waals surface area contributed by atoms with Gasteiger partial charge in [-0.25, -0.2) is 0 Å². The molecule has 0 aromatic rings. The molecule has 0 aliphatic carbocycles. The smallest absolute Gasteiger partial charge is 0.322 e. The van der Waals surface area contributed by atoms with Gasteiger partial charge in [0.2, 0.25) is 0 Å². The molecule has 1 saturated heterocycles. The van der Waals surface area contributed by atoms with Crippen molar-refractivity contribution in [2.75, 3.05) is 13.6 Å². The second kappa shape index (κ2) is 3.19. The summed E-state index contributed by atoms with van der Waals surface area (Å²) in [6.45, 7) is 0.838. The molecule has 0 aromatic heterocycles. The second-order valence-electron chi connectivity index (χ2n) is 3.07. The standard InChI is InChI=1S/C7H14N2O2/c1-9-4-2-3-5(8)6(9)7(10)11/h5-6H,2-4,8H2,1H3,(H,10,11). The Kier molecular flexibility index (Phi) is 2.46. The van der Waals surface area contributed by atoms with E-state index in [0.717, 1.165) is 19.4 Å². The molecule has 0 spiro atoms. The van der Waals surface area contributed by atoms with Crippen molar-refractivity contribution in [3.63, 3.8) is 0 Å². The van der Waals surface area contributed by atoms with Crippen molar-refractivity contribution in [3.05, 3.63) is 0 Å². The van der Waals surface area contributed by atoms with Gasteiger partial charge in [0, 0.05) is 6.04 Å². The third kappa shape index (κ3) is 1.70. The molecule has 0 bridgehead atoms. The van der Waals surface area contributed by atoms with Crippen LogP contribution in [0, 0.1) is 0 Å². The summed E-state index contributed by atoms with van der Waals surface area (Å²) in [5, 5.41) is 8.76. The minimum Gasteiger partial charge on any atom is -0.480 e. The molecule has 3 N–H and O–H groups in total. The Bertz CT molecular complexity index is 151. The van der Waals surface area contributed by atoms with Gasteiger partial charge in [-0.2, -0.15) is 0 Å². The van der Waals surface area contributed by atoms with E-state index in [1.165, 1.54) is 0 Å². The predicted octanol–water partition coefficient (Wildman–Crippen LogP) is -0.507. The van der Waals surface area contributed by atoms with Crippen molar-refractivity contribution < 1.29 is 9.90 Å². The molecule has 1 rings (SSSR count). The average Bonchev–Trinajstić information content (AvgIpc) is 1.85. The minimum absolute atomic E-state index is 0.203. The van der Waals surface area contributed by atoms with Crippen molar-refractivity contribution in [2.45, 2.75) is 24.9 Å². The number of nitrogens with two attached hydrogens (primary N) is 1.